The van der Waals surface area contributed by atoms with E-state index in [9.17, 15) is 14.9 Å². The quantitative estimate of drug-likeness (QED) is 0.461. The molecule has 1 aromatic carbocycles. The Labute approximate surface area is 135 Å². The van der Waals surface area contributed by atoms with Gasteiger partial charge in [-0.05, 0) is 48.9 Å². The Kier molecular flexibility index (Phi) is 4.38. The largest absolute Gasteiger partial charge is 0.444 e. The molecule has 1 aliphatic rings. The first-order valence-corrected chi connectivity index (χ1v) is 7.33. The highest BCUT2D eigenvalue weighted by atomic mass is 127. The molecule has 1 N–H and O–H groups in total. The van der Waals surface area contributed by atoms with Gasteiger partial charge in [-0.15, -0.1) is 0 Å². The molecule has 0 radical (unpaired) electrons. The lowest BCUT2D eigenvalue weighted by Crippen LogP contribution is -2.27. The minimum Gasteiger partial charge on any atom is -0.444 e. The van der Waals surface area contributed by atoms with Gasteiger partial charge in [0.05, 0.1) is 18.1 Å². The Morgan fingerprint density at radius 2 is 2.05 bits per heavy atom. The number of hydrogen-bond acceptors (Lipinski definition) is 5. The first kappa shape index (κ1) is 16.0. The Hall–Kier alpha value is -1.42. The molecule has 1 aliphatic heterocycles. The monoisotopic (exact) mass is 406 g/mol. The molecule has 0 aliphatic carbocycles. The molecule has 8 heteroatoms. The first-order valence-electron chi connectivity index (χ1n) is 6.25. The molecule has 0 atom stereocenters. The number of fused-ring (bicyclic) bond motifs is 1. The molecular formula is C13H15IN2O5. The van der Waals surface area contributed by atoms with Crippen molar-refractivity contribution in [2.24, 2.45) is 0 Å². The number of ether oxygens (including phenoxy) is 2. The van der Waals surface area contributed by atoms with Gasteiger partial charge in [0.2, 0.25) is 0 Å². The molecule has 0 saturated heterocycles. The Bertz CT molecular complexity index is 610. The summed E-state index contributed by atoms with van der Waals surface area (Å²) in [6, 6.07) is 1.43. The van der Waals surface area contributed by atoms with E-state index in [4.69, 9.17) is 9.47 Å². The molecule has 1 aromatic rings. The second-order valence-corrected chi connectivity index (χ2v) is 6.75. The highest BCUT2D eigenvalue weighted by Crippen LogP contribution is 2.38. The Morgan fingerprint density at radius 1 is 1.43 bits per heavy atom. The maximum Gasteiger partial charge on any atom is 0.412 e. The van der Waals surface area contributed by atoms with Crippen LogP contribution in [0.5, 0.6) is 0 Å². The number of nitrogens with zero attached hydrogens (tertiary/aromatic N) is 1. The molecule has 1 heterocycles. The normalized spacial score (nSPS) is 13.7. The Morgan fingerprint density at radius 3 is 2.62 bits per heavy atom. The van der Waals surface area contributed by atoms with E-state index in [1.165, 1.54) is 6.07 Å². The zero-order valence-electron chi connectivity index (χ0n) is 11.9. The van der Waals surface area contributed by atoms with Crippen LogP contribution in [0, 0.1) is 13.7 Å². The molecule has 114 valence electrons. The highest BCUT2D eigenvalue weighted by Gasteiger charge is 2.29. The average Bonchev–Trinajstić information content (AvgIpc) is 2.79. The molecule has 21 heavy (non-hydrogen) atoms. The van der Waals surface area contributed by atoms with Crippen molar-refractivity contribution in [2.75, 3.05) is 5.32 Å². The first-order chi connectivity index (χ1) is 9.69. The van der Waals surface area contributed by atoms with E-state index in [0.29, 0.717) is 12.2 Å². The van der Waals surface area contributed by atoms with Crippen LogP contribution in [0.3, 0.4) is 0 Å². The smallest absolute Gasteiger partial charge is 0.412 e. The molecule has 7 nitrogen and oxygen atoms in total. The van der Waals surface area contributed by atoms with Gasteiger partial charge in [0, 0.05) is 15.2 Å². The number of carbonyl (C=O) groups excluding carboxylic acids is 1. The number of amides is 1. The van der Waals surface area contributed by atoms with Crippen LogP contribution >= 0.6 is 22.6 Å². The van der Waals surface area contributed by atoms with Crippen LogP contribution in [0.4, 0.5) is 16.2 Å². The summed E-state index contributed by atoms with van der Waals surface area (Å²) in [6.45, 7) is 5.79. The summed E-state index contributed by atoms with van der Waals surface area (Å²) in [4.78, 5) is 22.6. The van der Waals surface area contributed by atoms with Crippen LogP contribution in [-0.4, -0.2) is 16.6 Å². The lowest BCUT2D eigenvalue weighted by atomic mass is 10.1. The zero-order valence-corrected chi connectivity index (χ0v) is 14.0. The van der Waals surface area contributed by atoms with Gasteiger partial charge in [-0.2, -0.15) is 0 Å². The van der Waals surface area contributed by atoms with Gasteiger partial charge in [-0.3, -0.25) is 15.4 Å². The van der Waals surface area contributed by atoms with Crippen LogP contribution < -0.4 is 5.32 Å². The van der Waals surface area contributed by atoms with Crippen molar-refractivity contribution in [2.45, 2.75) is 39.6 Å². The standard InChI is InChI=1S/C13H15IN2O5/c1-13(2,3)21-12(17)15-11-8-6-20-5-7(8)9(14)4-10(11)16(18)19/h4H,5-6H2,1-3H3,(H,15,17). The number of nitro benzene ring substituents is 1. The molecule has 1 amide bonds. The molecular weight excluding hydrogens is 391 g/mol. The van der Waals surface area contributed by atoms with Crippen molar-refractivity contribution in [3.63, 3.8) is 0 Å². The van der Waals surface area contributed by atoms with Gasteiger partial charge >= 0.3 is 6.09 Å². The fourth-order valence-electron chi connectivity index (χ4n) is 1.99. The molecule has 0 bridgehead atoms. The van der Waals surface area contributed by atoms with Gasteiger partial charge in [0.15, 0.2) is 0 Å². The minimum atomic E-state index is -0.721. The molecule has 0 spiro atoms. The lowest BCUT2D eigenvalue weighted by Gasteiger charge is -2.20. The van der Waals surface area contributed by atoms with Crippen molar-refractivity contribution < 1.29 is 19.2 Å². The van der Waals surface area contributed by atoms with Crippen LogP contribution in [0.2, 0.25) is 0 Å². The van der Waals surface area contributed by atoms with Crippen LogP contribution in [0.25, 0.3) is 0 Å². The maximum absolute atomic E-state index is 11.9. The van der Waals surface area contributed by atoms with E-state index in [1.807, 2.05) is 22.6 Å². The van der Waals surface area contributed by atoms with Gasteiger partial charge in [-0.25, -0.2) is 4.79 Å². The topological polar surface area (TPSA) is 90.7 Å². The van der Waals surface area contributed by atoms with Crippen molar-refractivity contribution in [3.05, 3.63) is 30.9 Å². The van der Waals surface area contributed by atoms with Crippen molar-refractivity contribution in [1.82, 2.24) is 0 Å². The number of carbonyl (C=O) groups is 1. The van der Waals surface area contributed by atoms with Gasteiger partial charge in [0.25, 0.3) is 5.69 Å². The summed E-state index contributed by atoms with van der Waals surface area (Å²) in [5, 5.41) is 13.7. The number of anilines is 1. The fraction of sp³-hybridized carbons (Fsp3) is 0.462. The highest BCUT2D eigenvalue weighted by molar-refractivity contribution is 14.1. The summed E-state index contributed by atoms with van der Waals surface area (Å²) in [6.07, 6.45) is -0.721. The van der Waals surface area contributed by atoms with Crippen LogP contribution in [0.15, 0.2) is 6.07 Å². The summed E-state index contributed by atoms with van der Waals surface area (Å²) >= 11 is 2.03. The summed E-state index contributed by atoms with van der Waals surface area (Å²) < 4.78 is 11.2. The van der Waals surface area contributed by atoms with Gasteiger partial charge < -0.3 is 9.47 Å². The summed E-state index contributed by atoms with van der Waals surface area (Å²) in [5.74, 6) is 0. The van der Waals surface area contributed by atoms with E-state index in [1.54, 1.807) is 20.8 Å². The SMILES string of the molecule is CC(C)(C)OC(=O)Nc1c([N+](=O)[O-])cc(I)c2c1COC2. The molecule has 0 saturated carbocycles. The number of nitro groups is 1. The lowest BCUT2D eigenvalue weighted by molar-refractivity contribution is -0.384. The molecule has 2 rings (SSSR count). The number of nitrogens with one attached hydrogen (secondary N) is 1. The molecule has 0 unspecified atom stereocenters. The van der Waals surface area contributed by atoms with Crippen LogP contribution in [-0.2, 0) is 22.7 Å². The van der Waals surface area contributed by atoms with E-state index < -0.39 is 16.6 Å². The number of hydrogen-bond donors (Lipinski definition) is 1. The van der Waals surface area contributed by atoms with E-state index >= 15 is 0 Å². The zero-order chi connectivity index (χ0) is 15.8. The number of benzene rings is 1. The number of halogens is 1. The molecule has 0 aromatic heterocycles. The summed E-state index contributed by atoms with van der Waals surface area (Å²) in [7, 11) is 0. The van der Waals surface area contributed by atoms with Crippen molar-refractivity contribution in [1.29, 1.82) is 0 Å². The predicted molar refractivity (Wildman–Crippen MR) is 84.2 cm³/mol. The third-order valence-corrected chi connectivity index (χ3v) is 3.75. The van der Waals surface area contributed by atoms with Gasteiger partial charge in [-0.1, -0.05) is 0 Å². The maximum atomic E-state index is 11.9. The van der Waals surface area contributed by atoms with E-state index in [0.717, 1.165) is 9.13 Å². The third kappa shape index (κ3) is 3.62. The minimum absolute atomic E-state index is 0.155. The van der Waals surface area contributed by atoms with Crippen molar-refractivity contribution >= 4 is 40.1 Å². The second-order valence-electron chi connectivity index (χ2n) is 5.59. The second kappa shape index (κ2) is 5.76. The van der Waals surface area contributed by atoms with Crippen LogP contribution in [0.1, 0.15) is 31.9 Å². The third-order valence-electron chi connectivity index (χ3n) is 2.79. The molecule has 0 fully saturated rings. The Balaban J connectivity index is 2.40. The fourth-order valence-corrected chi connectivity index (χ4v) is 2.76. The van der Waals surface area contributed by atoms with Gasteiger partial charge in [0.1, 0.15) is 11.3 Å². The average molecular weight is 406 g/mol. The van der Waals surface area contributed by atoms with E-state index in [2.05, 4.69) is 5.32 Å². The predicted octanol–water partition coefficient (Wildman–Crippen LogP) is 3.58. The van der Waals surface area contributed by atoms with Crippen molar-refractivity contribution in [3.8, 4) is 0 Å². The number of rotatable bonds is 2. The summed E-state index contributed by atoms with van der Waals surface area (Å²) in [5.41, 5.74) is 0.824. The van der Waals surface area contributed by atoms with E-state index in [-0.39, 0.29) is 18.0 Å².